The van der Waals surface area contributed by atoms with Crippen molar-refractivity contribution in [2.75, 3.05) is 6.61 Å². The number of fused-ring (bicyclic) bond motifs is 3. The highest BCUT2D eigenvalue weighted by Gasteiger charge is 2.20. The van der Waals surface area contributed by atoms with Crippen molar-refractivity contribution in [1.82, 2.24) is 14.0 Å². The van der Waals surface area contributed by atoms with Gasteiger partial charge in [0.1, 0.15) is 16.9 Å². The third-order valence-electron chi connectivity index (χ3n) is 6.25. The zero-order valence-corrected chi connectivity index (χ0v) is 20.7. The van der Waals surface area contributed by atoms with Gasteiger partial charge in [-0.25, -0.2) is 9.78 Å². The van der Waals surface area contributed by atoms with E-state index < -0.39 is 11.9 Å². The number of amides is 1. The second-order valence-electron chi connectivity index (χ2n) is 8.63. The van der Waals surface area contributed by atoms with Crippen LogP contribution in [0, 0.1) is 0 Å². The summed E-state index contributed by atoms with van der Waals surface area (Å²) in [5.41, 5.74) is 1.10. The van der Waals surface area contributed by atoms with Crippen LogP contribution >= 0.6 is 0 Å². The second-order valence-corrected chi connectivity index (χ2v) is 8.63. The number of carbonyl (C=O) groups excluding carboxylic acids is 2. The van der Waals surface area contributed by atoms with Crippen molar-refractivity contribution in [2.45, 2.75) is 33.2 Å². The van der Waals surface area contributed by atoms with Gasteiger partial charge in [-0.3, -0.25) is 14.0 Å². The minimum Gasteiger partial charge on any atom is -0.462 e. The van der Waals surface area contributed by atoms with Crippen LogP contribution in [0.15, 0.2) is 82.7 Å². The topological polar surface area (TPSA) is 95.0 Å². The summed E-state index contributed by atoms with van der Waals surface area (Å²) in [5, 5.41) is 1.92. The molecule has 0 fully saturated rings. The number of nitrogens with zero attached hydrogens (tertiary/aromatic N) is 4. The summed E-state index contributed by atoms with van der Waals surface area (Å²) in [6, 6.07) is 19.7. The average Bonchev–Trinajstić information content (AvgIpc) is 2.92. The molecule has 1 amide bonds. The van der Waals surface area contributed by atoms with Gasteiger partial charge in [-0.2, -0.15) is 4.99 Å². The smallest absolute Gasteiger partial charge is 0.341 e. The van der Waals surface area contributed by atoms with Crippen LogP contribution in [0.25, 0.3) is 27.5 Å². The zero-order valence-electron chi connectivity index (χ0n) is 20.7. The molecule has 0 spiro atoms. The summed E-state index contributed by atoms with van der Waals surface area (Å²) < 4.78 is 8.44. The molecule has 0 aliphatic carbocycles. The Morgan fingerprint density at radius 1 is 0.946 bits per heavy atom. The first-order chi connectivity index (χ1) is 18.0. The number of aromatic nitrogens is 3. The highest BCUT2D eigenvalue weighted by molar-refractivity contribution is 6.07. The van der Waals surface area contributed by atoms with Crippen LogP contribution in [0.3, 0.4) is 0 Å². The number of unbranched alkanes of at least 4 members (excludes halogenated alkanes) is 1. The summed E-state index contributed by atoms with van der Waals surface area (Å²) in [7, 11) is 0. The van der Waals surface area contributed by atoms with Gasteiger partial charge in [-0.15, -0.1) is 0 Å². The van der Waals surface area contributed by atoms with E-state index in [1.165, 1.54) is 10.5 Å². The van der Waals surface area contributed by atoms with Crippen LogP contribution in [0.5, 0.6) is 0 Å². The van der Waals surface area contributed by atoms with Crippen LogP contribution in [0.4, 0.5) is 0 Å². The lowest BCUT2D eigenvalue weighted by molar-refractivity contribution is 0.0523. The van der Waals surface area contributed by atoms with E-state index in [0.717, 1.165) is 23.6 Å². The van der Waals surface area contributed by atoms with Gasteiger partial charge in [0.25, 0.3) is 11.5 Å². The first-order valence-corrected chi connectivity index (χ1v) is 12.3. The lowest BCUT2D eigenvalue weighted by Crippen LogP contribution is -2.33. The van der Waals surface area contributed by atoms with Gasteiger partial charge in [0, 0.05) is 18.3 Å². The third kappa shape index (κ3) is 4.42. The lowest BCUT2D eigenvalue weighted by atomic mass is 10.0. The number of benzene rings is 2. The molecule has 5 rings (SSSR count). The maximum atomic E-state index is 13.6. The van der Waals surface area contributed by atoms with Gasteiger partial charge in [-0.05, 0) is 48.4 Å². The van der Waals surface area contributed by atoms with Crippen molar-refractivity contribution < 1.29 is 14.3 Å². The van der Waals surface area contributed by atoms with Gasteiger partial charge in [0.15, 0.2) is 5.49 Å². The van der Waals surface area contributed by atoms with Crippen LogP contribution in [0.1, 0.15) is 47.4 Å². The number of esters is 1. The summed E-state index contributed by atoms with van der Waals surface area (Å²) >= 11 is 0. The predicted octanol–water partition coefficient (Wildman–Crippen LogP) is 4.52. The molecule has 0 aliphatic rings. The normalized spacial score (nSPS) is 11.9. The van der Waals surface area contributed by atoms with Gasteiger partial charge in [-0.1, -0.05) is 55.8 Å². The van der Waals surface area contributed by atoms with E-state index in [0.29, 0.717) is 23.4 Å². The van der Waals surface area contributed by atoms with Crippen LogP contribution in [-0.2, 0) is 11.3 Å². The molecule has 0 radical (unpaired) electrons. The Kier molecular flexibility index (Phi) is 6.64. The minimum absolute atomic E-state index is 0.0498. The van der Waals surface area contributed by atoms with Gasteiger partial charge in [0.2, 0.25) is 0 Å². The molecule has 8 heteroatoms. The minimum atomic E-state index is -0.656. The third-order valence-corrected chi connectivity index (χ3v) is 6.25. The molecule has 8 nitrogen and oxygen atoms in total. The van der Waals surface area contributed by atoms with Crippen molar-refractivity contribution in [3.63, 3.8) is 0 Å². The standard InChI is InChI=1S/C29H26N4O4/c1-3-5-16-33-25-22(28(35)32-17-9-8-15-24(32)30-25)18-23(29(36)37-4-2)26(33)31-27(34)21-14-10-12-19-11-6-7-13-20(19)21/h6-15,17-18H,3-5,16H2,1-2H3. The van der Waals surface area contributed by atoms with Gasteiger partial charge in [0.05, 0.1) is 12.0 Å². The van der Waals surface area contributed by atoms with Crippen LogP contribution in [-0.4, -0.2) is 32.4 Å². The maximum Gasteiger partial charge on any atom is 0.341 e. The molecule has 3 aromatic heterocycles. The van der Waals surface area contributed by atoms with Crippen molar-refractivity contribution >= 4 is 39.3 Å². The monoisotopic (exact) mass is 494 g/mol. The molecule has 0 saturated heterocycles. The molecule has 5 aromatic rings. The molecule has 0 unspecified atom stereocenters. The molecular weight excluding hydrogens is 468 g/mol. The van der Waals surface area contributed by atoms with Crippen LogP contribution < -0.4 is 11.0 Å². The fraction of sp³-hybridized carbons (Fsp3) is 0.207. The van der Waals surface area contributed by atoms with Crippen LogP contribution in [0.2, 0.25) is 0 Å². The number of ether oxygens (including phenoxy) is 1. The summed E-state index contributed by atoms with van der Waals surface area (Å²) in [6.07, 6.45) is 3.21. The van der Waals surface area contributed by atoms with Crippen molar-refractivity contribution in [1.29, 1.82) is 0 Å². The lowest BCUT2D eigenvalue weighted by Gasteiger charge is -2.15. The Labute approximate surface area is 212 Å². The van der Waals surface area contributed by atoms with Gasteiger partial charge < -0.3 is 9.30 Å². The molecule has 186 valence electrons. The molecule has 0 N–H and O–H groups in total. The first kappa shape index (κ1) is 24.1. The molecule has 0 bridgehead atoms. The fourth-order valence-electron chi connectivity index (χ4n) is 4.45. The number of rotatable bonds is 6. The summed E-state index contributed by atoms with van der Waals surface area (Å²) in [4.78, 5) is 49.3. The number of hydrogen-bond donors (Lipinski definition) is 0. The Hall–Kier alpha value is -4.59. The highest BCUT2D eigenvalue weighted by atomic mass is 16.5. The van der Waals surface area contributed by atoms with Gasteiger partial charge >= 0.3 is 5.97 Å². The van der Waals surface area contributed by atoms with E-state index in [9.17, 15) is 14.4 Å². The van der Waals surface area contributed by atoms with Crippen molar-refractivity contribution in [3.8, 4) is 0 Å². The number of carbonyl (C=O) groups is 2. The maximum absolute atomic E-state index is 13.6. The highest BCUT2D eigenvalue weighted by Crippen LogP contribution is 2.19. The summed E-state index contributed by atoms with van der Waals surface area (Å²) in [5.74, 6) is -1.15. The Bertz CT molecular complexity index is 1790. The molecule has 2 aromatic carbocycles. The second kappa shape index (κ2) is 10.2. The average molecular weight is 495 g/mol. The van der Waals surface area contributed by atoms with Crippen molar-refractivity contribution in [2.24, 2.45) is 4.99 Å². The fourth-order valence-corrected chi connectivity index (χ4v) is 4.45. The Balaban J connectivity index is 1.87. The molecule has 0 saturated carbocycles. The predicted molar refractivity (Wildman–Crippen MR) is 142 cm³/mol. The first-order valence-electron chi connectivity index (χ1n) is 12.3. The molecule has 0 atom stereocenters. The SMILES string of the molecule is CCCCn1c(=NC(=O)c2cccc3ccccc23)c(C(=O)OCC)cc2c(=O)n3ccccc3nc21. The Morgan fingerprint density at radius 2 is 1.73 bits per heavy atom. The number of pyridine rings is 2. The van der Waals surface area contributed by atoms with E-state index >= 15 is 0 Å². The quantitative estimate of drug-likeness (QED) is 0.256. The molecule has 0 aliphatic heterocycles. The van der Waals surface area contributed by atoms with E-state index in [4.69, 9.17) is 9.72 Å². The number of aryl methyl sites for hydroxylation is 1. The molecule has 37 heavy (non-hydrogen) atoms. The molecular formula is C29H26N4O4. The largest absolute Gasteiger partial charge is 0.462 e. The number of hydrogen-bond acceptors (Lipinski definition) is 5. The van der Waals surface area contributed by atoms with E-state index in [2.05, 4.69) is 4.99 Å². The summed E-state index contributed by atoms with van der Waals surface area (Å²) in [6.45, 7) is 4.29. The van der Waals surface area contributed by atoms with Crippen molar-refractivity contribution in [3.05, 3.63) is 99.9 Å². The van der Waals surface area contributed by atoms with E-state index in [-0.39, 0.29) is 28.6 Å². The Morgan fingerprint density at radius 3 is 2.54 bits per heavy atom. The van der Waals surface area contributed by atoms with E-state index in [1.54, 1.807) is 48.0 Å². The van der Waals surface area contributed by atoms with E-state index in [1.807, 2.05) is 37.3 Å². The zero-order chi connectivity index (χ0) is 25.9. The molecule has 3 heterocycles.